The summed E-state index contributed by atoms with van der Waals surface area (Å²) >= 11 is 6.44. The molecule has 1 aliphatic carbocycles. The van der Waals surface area contributed by atoms with Gasteiger partial charge in [-0.05, 0) is 85.3 Å². The summed E-state index contributed by atoms with van der Waals surface area (Å²) in [5.41, 5.74) is 1.78. The minimum Gasteiger partial charge on any atom is -0.491 e. The lowest BCUT2D eigenvalue weighted by Gasteiger charge is -2.43. The molecule has 2 bridgehead atoms. The van der Waals surface area contributed by atoms with Crippen molar-refractivity contribution in [1.82, 2.24) is 14.5 Å². The molecule has 3 aromatic rings. The second-order valence-electron chi connectivity index (χ2n) is 14.0. The van der Waals surface area contributed by atoms with Crippen molar-refractivity contribution in [1.29, 1.82) is 0 Å². The maximum atomic E-state index is 17.2. The highest BCUT2D eigenvalue weighted by Crippen LogP contribution is 2.43. The molecule has 0 spiro atoms. The lowest BCUT2D eigenvalue weighted by molar-refractivity contribution is 0.0121. The van der Waals surface area contributed by atoms with Crippen LogP contribution in [0.3, 0.4) is 0 Å². The number of aromatic nitrogens is 2. The number of halogens is 2. The summed E-state index contributed by atoms with van der Waals surface area (Å²) in [5, 5.41) is 4.73. The predicted octanol–water partition coefficient (Wildman–Crippen LogP) is 6.16. The minimum atomic E-state index is -3.91. The number of anilines is 1. The smallest absolute Gasteiger partial charge is 0.289 e. The molecule has 6 rings (SSSR count). The van der Waals surface area contributed by atoms with Crippen LogP contribution in [0.2, 0.25) is 5.02 Å². The molecule has 3 heterocycles. The van der Waals surface area contributed by atoms with Crippen LogP contribution >= 0.6 is 11.6 Å². The molecule has 0 saturated heterocycles. The van der Waals surface area contributed by atoms with E-state index in [1.807, 2.05) is 35.3 Å². The van der Waals surface area contributed by atoms with E-state index in [1.165, 1.54) is 31.2 Å². The largest absolute Gasteiger partial charge is 0.491 e. The monoisotopic (exact) mass is 771 g/mol. The average Bonchev–Trinajstić information content (AvgIpc) is 3.48. The Balaban J connectivity index is 1.51. The first-order valence-corrected chi connectivity index (χ1v) is 19.9. The molecule has 1 aromatic heterocycles. The fraction of sp³-hybridized carbons (Fsp3) is 0.500. The Kier molecular flexibility index (Phi) is 12.1. The number of nitrogens with one attached hydrogen (secondary N) is 1. The van der Waals surface area contributed by atoms with Gasteiger partial charge in [-0.15, -0.1) is 9.46 Å². The quantitative estimate of drug-likeness (QED) is 0.303. The fourth-order valence-corrected chi connectivity index (χ4v) is 9.57. The Hall–Kier alpha value is -3.98. The topological polar surface area (TPSA) is 134 Å². The number of aryl methyl sites for hydroxylation is 2. The first-order chi connectivity index (χ1) is 25.4. The summed E-state index contributed by atoms with van der Waals surface area (Å²) in [6.45, 7) is 2.90. The molecule has 0 radical (unpaired) electrons. The molecular formula is C38H47ClFN5O7S. The maximum absolute atomic E-state index is 17.2. The molecule has 2 amide bonds. The lowest BCUT2D eigenvalue weighted by atomic mass is 9.70. The zero-order valence-electron chi connectivity index (χ0n) is 30.7. The molecule has 6 atom stereocenters. The van der Waals surface area contributed by atoms with E-state index in [2.05, 4.69) is 14.2 Å². The van der Waals surface area contributed by atoms with E-state index in [0.717, 1.165) is 43.2 Å². The lowest BCUT2D eigenvalue weighted by Crippen LogP contribution is -2.44. The van der Waals surface area contributed by atoms with Crippen LogP contribution < -0.4 is 19.1 Å². The summed E-state index contributed by atoms with van der Waals surface area (Å²) in [6.07, 6.45) is 8.53. The van der Waals surface area contributed by atoms with Crippen molar-refractivity contribution in [3.8, 4) is 11.6 Å². The molecule has 2 aromatic carbocycles. The van der Waals surface area contributed by atoms with Crippen LogP contribution in [0.1, 0.15) is 64.4 Å². The van der Waals surface area contributed by atoms with Gasteiger partial charge in [0.15, 0.2) is 5.82 Å². The number of benzene rings is 2. The van der Waals surface area contributed by atoms with Gasteiger partial charge >= 0.3 is 0 Å². The number of rotatable bonds is 5. The molecule has 2 aliphatic heterocycles. The predicted molar refractivity (Wildman–Crippen MR) is 200 cm³/mol. The summed E-state index contributed by atoms with van der Waals surface area (Å²) in [6, 6.07) is 8.64. The Morgan fingerprint density at radius 3 is 2.57 bits per heavy atom. The molecule has 1 saturated carbocycles. The minimum absolute atomic E-state index is 0.00245. The Labute approximate surface area is 315 Å². The van der Waals surface area contributed by atoms with E-state index in [0.29, 0.717) is 30.5 Å². The van der Waals surface area contributed by atoms with Crippen molar-refractivity contribution in [2.75, 3.05) is 45.1 Å². The molecule has 286 valence electrons. The highest BCUT2D eigenvalue weighted by atomic mass is 35.5. The highest BCUT2D eigenvalue weighted by molar-refractivity contribution is 7.92. The summed E-state index contributed by atoms with van der Waals surface area (Å²) in [5.74, 6) is -3.02. The Bertz CT molecular complexity index is 2000. The van der Waals surface area contributed by atoms with Crippen molar-refractivity contribution < 1.29 is 37.1 Å². The molecule has 3 aliphatic rings. The van der Waals surface area contributed by atoms with Gasteiger partial charge in [0, 0.05) is 45.6 Å². The third-order valence-electron chi connectivity index (χ3n) is 10.4. The number of ether oxygens (including phenoxy) is 4. The second-order valence-corrected chi connectivity index (χ2v) is 16.4. The molecule has 1 unspecified atom stereocenters. The highest BCUT2D eigenvalue weighted by Gasteiger charge is 2.39. The van der Waals surface area contributed by atoms with Gasteiger partial charge in [0.1, 0.15) is 26.9 Å². The van der Waals surface area contributed by atoms with Gasteiger partial charge in [-0.3, -0.25) is 19.0 Å². The maximum Gasteiger partial charge on any atom is 0.289 e. The molecule has 1 fully saturated rings. The van der Waals surface area contributed by atoms with Crippen LogP contribution in [0.4, 0.5) is 10.1 Å². The summed E-state index contributed by atoms with van der Waals surface area (Å²) in [7, 11) is 2.24. The van der Waals surface area contributed by atoms with Crippen LogP contribution in [0, 0.1) is 23.6 Å². The van der Waals surface area contributed by atoms with Crippen molar-refractivity contribution in [2.24, 2.45) is 29.2 Å². The third kappa shape index (κ3) is 8.56. The molecule has 1 N–H and O–H groups in total. The van der Waals surface area contributed by atoms with Gasteiger partial charge in [-0.2, -0.15) is 0 Å². The van der Waals surface area contributed by atoms with Gasteiger partial charge in [-0.1, -0.05) is 36.7 Å². The van der Waals surface area contributed by atoms with Crippen LogP contribution in [0.25, 0.3) is 0 Å². The van der Waals surface area contributed by atoms with E-state index in [9.17, 15) is 13.8 Å². The number of fused-ring (bicyclic) bond motifs is 3. The summed E-state index contributed by atoms with van der Waals surface area (Å²) < 4.78 is 63.2. The van der Waals surface area contributed by atoms with Gasteiger partial charge < -0.3 is 23.8 Å². The SMILES string of the molecule is COc1nn(C)cc1C(=O)NS1(=O)=NC(=O)c2ccc3c(c2F)N(Cc2ccc(Cl)cc2CCCCO3)C[C@@H]2CC[C@H]2[C@@H](OC)/C=C/[C@H](OC)[C@H](C)C1. The van der Waals surface area contributed by atoms with E-state index in [1.54, 1.807) is 27.1 Å². The van der Waals surface area contributed by atoms with Crippen LogP contribution in [0.15, 0.2) is 53.0 Å². The standard InChI is InChI=1S/C38H47ClFN5O7S/c1-23-22-53(48,43-37(47)30-21-44(2)41-38(30)51-5)42-36(46)29-13-14-33-35(34(29)40)45(19-25-9-11-27(39)18-24(25)8-6-7-17-52-33)20-26-10-12-28(26)32(50-4)16-15-31(23)49-3/h9,11,13-16,18,21,23,26,28,31-32H,6-8,10,12,17,19-20,22H2,1-5H3,(H,42,43,46,47,48)/b16-15+/t23-,26+,28-,31+,32+,53?/m1/s1. The fourth-order valence-electron chi connectivity index (χ4n) is 7.51. The number of methoxy groups -OCH3 is 3. The van der Waals surface area contributed by atoms with Gasteiger partial charge in [0.2, 0.25) is 5.88 Å². The number of hydrogen-bond acceptors (Lipinski definition) is 9. The van der Waals surface area contributed by atoms with Crippen molar-refractivity contribution in [3.05, 3.63) is 81.8 Å². The zero-order chi connectivity index (χ0) is 37.9. The first-order valence-electron chi connectivity index (χ1n) is 17.8. The number of nitrogens with zero attached hydrogens (tertiary/aromatic N) is 4. The Morgan fingerprint density at radius 2 is 1.85 bits per heavy atom. The van der Waals surface area contributed by atoms with Gasteiger partial charge in [-0.25, -0.2) is 8.60 Å². The average molecular weight is 772 g/mol. The van der Waals surface area contributed by atoms with Crippen LogP contribution in [0.5, 0.6) is 11.6 Å². The Morgan fingerprint density at radius 1 is 1.08 bits per heavy atom. The first kappa shape index (κ1) is 38.7. The number of amides is 2. The van der Waals surface area contributed by atoms with Crippen molar-refractivity contribution >= 4 is 39.0 Å². The second kappa shape index (κ2) is 16.6. The normalized spacial score (nSPS) is 27.1. The molecule has 12 nitrogen and oxygen atoms in total. The van der Waals surface area contributed by atoms with E-state index in [-0.39, 0.29) is 40.8 Å². The number of hydrogen-bond donors (Lipinski definition) is 1. The van der Waals surface area contributed by atoms with Crippen LogP contribution in [-0.4, -0.2) is 78.2 Å². The van der Waals surface area contributed by atoms with Crippen LogP contribution in [-0.2, 0) is 39.4 Å². The van der Waals surface area contributed by atoms with Crippen molar-refractivity contribution in [3.63, 3.8) is 0 Å². The van der Waals surface area contributed by atoms with E-state index in [4.69, 9.17) is 30.5 Å². The van der Waals surface area contributed by atoms with Gasteiger partial charge in [0.05, 0.1) is 37.2 Å². The number of carbonyl (C=O) groups is 2. The molecule has 53 heavy (non-hydrogen) atoms. The molecular weight excluding hydrogens is 725 g/mol. The van der Waals surface area contributed by atoms with E-state index < -0.39 is 45.1 Å². The third-order valence-corrected chi connectivity index (χ3v) is 12.6. The van der Waals surface area contributed by atoms with E-state index >= 15 is 4.39 Å². The molecule has 15 heteroatoms. The number of carbonyl (C=O) groups excluding carboxylic acids is 2. The zero-order valence-corrected chi connectivity index (χ0v) is 32.3. The van der Waals surface area contributed by atoms with Crippen molar-refractivity contribution in [2.45, 2.75) is 57.8 Å². The van der Waals surface area contributed by atoms with Gasteiger partial charge in [0.25, 0.3) is 11.8 Å². The summed E-state index contributed by atoms with van der Waals surface area (Å²) in [4.78, 5) is 29.6.